The smallest absolute Gasteiger partial charge is 0.273 e. The maximum Gasteiger partial charge on any atom is 0.273 e. The molecule has 10 heteroatoms. The molecule has 0 aliphatic carbocycles. The van der Waals surface area contributed by atoms with Gasteiger partial charge in [-0.1, -0.05) is 35.5 Å². The first-order chi connectivity index (χ1) is 15.7. The molecule has 1 saturated heterocycles. The van der Waals surface area contributed by atoms with Crippen molar-refractivity contribution >= 4 is 40.6 Å². The SMILES string of the molecule is O=C(c1csc(CSc2nnc(-c3ccncc3)n2-c2ccccc2Cl)n1)N1CCCC1. The molecule has 0 atom stereocenters. The van der Waals surface area contributed by atoms with Gasteiger partial charge in [-0.3, -0.25) is 14.3 Å². The maximum absolute atomic E-state index is 12.6. The van der Waals surface area contributed by atoms with Gasteiger partial charge < -0.3 is 4.90 Å². The molecule has 0 unspecified atom stereocenters. The number of hydrogen-bond donors (Lipinski definition) is 0. The van der Waals surface area contributed by atoms with Gasteiger partial charge in [-0.15, -0.1) is 21.5 Å². The summed E-state index contributed by atoms with van der Waals surface area (Å²) < 4.78 is 1.95. The Kier molecular flexibility index (Phi) is 6.20. The van der Waals surface area contributed by atoms with Crippen LogP contribution in [0.2, 0.25) is 5.02 Å². The number of rotatable bonds is 6. The summed E-state index contributed by atoms with van der Waals surface area (Å²) in [5, 5.41) is 12.9. The first kappa shape index (κ1) is 21.1. The molecule has 0 N–H and O–H groups in total. The van der Waals surface area contributed by atoms with E-state index in [2.05, 4.69) is 20.2 Å². The van der Waals surface area contributed by atoms with E-state index >= 15 is 0 Å². The molecule has 7 nitrogen and oxygen atoms in total. The molecule has 1 aromatic carbocycles. The van der Waals surface area contributed by atoms with E-state index in [1.165, 1.54) is 23.1 Å². The summed E-state index contributed by atoms with van der Waals surface area (Å²) in [7, 11) is 0. The van der Waals surface area contributed by atoms with Crippen LogP contribution < -0.4 is 0 Å². The molecule has 0 saturated carbocycles. The third kappa shape index (κ3) is 4.28. The van der Waals surface area contributed by atoms with Gasteiger partial charge in [0, 0.05) is 36.4 Å². The van der Waals surface area contributed by atoms with Crippen LogP contribution in [0.5, 0.6) is 0 Å². The molecule has 5 rings (SSSR count). The van der Waals surface area contributed by atoms with Crippen molar-refractivity contribution in [3.8, 4) is 17.1 Å². The van der Waals surface area contributed by atoms with Crippen molar-refractivity contribution in [2.45, 2.75) is 23.8 Å². The van der Waals surface area contributed by atoms with Crippen LogP contribution in [0, 0.1) is 0 Å². The lowest BCUT2D eigenvalue weighted by Crippen LogP contribution is -2.27. The second kappa shape index (κ2) is 9.40. The molecule has 1 aliphatic rings. The van der Waals surface area contributed by atoms with Crippen LogP contribution in [-0.4, -0.2) is 48.6 Å². The van der Waals surface area contributed by atoms with Gasteiger partial charge in [-0.2, -0.15) is 0 Å². The molecular weight excluding hydrogens is 464 g/mol. The predicted molar refractivity (Wildman–Crippen MR) is 126 cm³/mol. The van der Waals surface area contributed by atoms with Gasteiger partial charge >= 0.3 is 0 Å². The van der Waals surface area contributed by atoms with Crippen LogP contribution in [0.1, 0.15) is 28.3 Å². The minimum atomic E-state index is 0.0224. The Morgan fingerprint density at radius 3 is 2.66 bits per heavy atom. The van der Waals surface area contributed by atoms with Crippen molar-refractivity contribution in [1.29, 1.82) is 0 Å². The minimum absolute atomic E-state index is 0.0224. The first-order valence-electron chi connectivity index (χ1n) is 10.2. The highest BCUT2D eigenvalue weighted by Crippen LogP contribution is 2.33. The Balaban J connectivity index is 1.41. The van der Waals surface area contributed by atoms with Crippen LogP contribution in [-0.2, 0) is 5.75 Å². The van der Waals surface area contributed by atoms with Crippen molar-refractivity contribution in [3.05, 3.63) is 69.9 Å². The Labute approximate surface area is 198 Å². The van der Waals surface area contributed by atoms with Gasteiger partial charge in [0.15, 0.2) is 11.0 Å². The molecule has 0 bridgehead atoms. The monoisotopic (exact) mass is 482 g/mol. The number of hydrogen-bond acceptors (Lipinski definition) is 7. The number of carbonyl (C=O) groups excluding carboxylic acids is 1. The Hall–Kier alpha value is -2.75. The van der Waals surface area contributed by atoms with Gasteiger partial charge in [0.05, 0.1) is 16.5 Å². The molecule has 1 amide bonds. The average molecular weight is 483 g/mol. The number of amides is 1. The van der Waals surface area contributed by atoms with Crippen molar-refractivity contribution in [2.75, 3.05) is 13.1 Å². The highest BCUT2D eigenvalue weighted by Gasteiger charge is 2.22. The second-order valence-corrected chi connectivity index (χ2v) is 9.54. The fourth-order valence-electron chi connectivity index (χ4n) is 3.59. The molecule has 4 heterocycles. The summed E-state index contributed by atoms with van der Waals surface area (Å²) in [4.78, 5) is 23.1. The molecule has 3 aromatic heterocycles. The van der Waals surface area contributed by atoms with Crippen LogP contribution in [0.25, 0.3) is 17.1 Å². The van der Waals surface area contributed by atoms with E-state index in [1.54, 1.807) is 12.4 Å². The number of thioether (sulfide) groups is 1. The average Bonchev–Trinajstić information content (AvgIpc) is 3.59. The number of likely N-dealkylation sites (tertiary alicyclic amines) is 1. The lowest BCUT2D eigenvalue weighted by Gasteiger charge is -2.12. The van der Waals surface area contributed by atoms with Gasteiger partial charge in [0.25, 0.3) is 5.91 Å². The first-order valence-corrected chi connectivity index (χ1v) is 12.4. The summed E-state index contributed by atoms with van der Waals surface area (Å²) in [5.41, 5.74) is 2.22. The summed E-state index contributed by atoms with van der Waals surface area (Å²) >= 11 is 9.52. The molecule has 1 aliphatic heterocycles. The van der Waals surface area contributed by atoms with Gasteiger partial charge in [-0.25, -0.2) is 4.98 Å². The van der Waals surface area contributed by atoms with Crippen LogP contribution in [0.4, 0.5) is 0 Å². The van der Waals surface area contributed by atoms with Gasteiger partial charge in [-0.05, 0) is 37.1 Å². The molecular formula is C22H19ClN6OS2. The van der Waals surface area contributed by atoms with Gasteiger partial charge in [0.2, 0.25) is 0 Å². The number of pyridine rings is 1. The van der Waals surface area contributed by atoms with E-state index in [1.807, 2.05) is 51.2 Å². The summed E-state index contributed by atoms with van der Waals surface area (Å²) in [6.45, 7) is 1.64. The van der Waals surface area contributed by atoms with Crippen LogP contribution in [0.15, 0.2) is 59.3 Å². The van der Waals surface area contributed by atoms with Crippen LogP contribution in [0.3, 0.4) is 0 Å². The number of nitrogens with zero attached hydrogens (tertiary/aromatic N) is 6. The molecule has 0 radical (unpaired) electrons. The quantitative estimate of drug-likeness (QED) is 0.361. The zero-order valence-electron chi connectivity index (χ0n) is 17.0. The van der Waals surface area contributed by atoms with E-state index < -0.39 is 0 Å². The van der Waals surface area contributed by atoms with E-state index in [9.17, 15) is 4.79 Å². The fourth-order valence-corrected chi connectivity index (χ4v) is 5.54. The summed E-state index contributed by atoms with van der Waals surface area (Å²) in [6, 6.07) is 11.4. The standard InChI is InChI=1S/C22H19ClN6OS2/c23-16-5-1-2-6-18(16)29-20(15-7-9-24-10-8-15)26-27-22(29)32-14-19-25-17(13-31-19)21(30)28-11-3-4-12-28/h1-2,5-10,13H,3-4,11-12,14H2. The van der Waals surface area contributed by atoms with Crippen molar-refractivity contribution in [3.63, 3.8) is 0 Å². The zero-order chi connectivity index (χ0) is 21.9. The maximum atomic E-state index is 12.6. The number of para-hydroxylation sites is 1. The predicted octanol–water partition coefficient (Wildman–Crippen LogP) is 4.97. The second-order valence-electron chi connectivity index (χ2n) is 7.24. The molecule has 162 valence electrons. The number of benzene rings is 1. The lowest BCUT2D eigenvalue weighted by atomic mass is 10.2. The van der Waals surface area contributed by atoms with E-state index in [0.717, 1.165) is 42.2 Å². The number of aromatic nitrogens is 5. The third-order valence-electron chi connectivity index (χ3n) is 5.15. The summed E-state index contributed by atoms with van der Waals surface area (Å²) in [5.74, 6) is 1.29. The zero-order valence-corrected chi connectivity index (χ0v) is 19.4. The normalized spacial score (nSPS) is 13.6. The Morgan fingerprint density at radius 2 is 1.88 bits per heavy atom. The topological polar surface area (TPSA) is 76.8 Å². The van der Waals surface area contributed by atoms with Gasteiger partial charge in [0.1, 0.15) is 10.7 Å². The largest absolute Gasteiger partial charge is 0.337 e. The molecule has 0 spiro atoms. The van der Waals surface area contributed by atoms with Crippen molar-refractivity contribution in [1.82, 2.24) is 29.6 Å². The van der Waals surface area contributed by atoms with E-state index in [4.69, 9.17) is 11.6 Å². The Morgan fingerprint density at radius 1 is 1.09 bits per heavy atom. The number of thiazole rings is 1. The molecule has 4 aromatic rings. The third-order valence-corrected chi connectivity index (χ3v) is 7.45. The molecule has 1 fully saturated rings. The highest BCUT2D eigenvalue weighted by atomic mass is 35.5. The van der Waals surface area contributed by atoms with E-state index in [-0.39, 0.29) is 5.91 Å². The number of carbonyl (C=O) groups is 1. The van der Waals surface area contributed by atoms with Crippen LogP contribution >= 0.6 is 34.7 Å². The lowest BCUT2D eigenvalue weighted by molar-refractivity contribution is 0.0787. The minimum Gasteiger partial charge on any atom is -0.337 e. The molecule has 32 heavy (non-hydrogen) atoms. The van der Waals surface area contributed by atoms with Crippen molar-refractivity contribution in [2.24, 2.45) is 0 Å². The number of halogens is 1. The Bertz CT molecular complexity index is 1240. The fraction of sp³-hybridized carbons (Fsp3) is 0.227. The summed E-state index contributed by atoms with van der Waals surface area (Å²) in [6.07, 6.45) is 5.58. The van der Waals surface area contributed by atoms with Crippen molar-refractivity contribution < 1.29 is 4.79 Å². The van der Waals surface area contributed by atoms with E-state index in [0.29, 0.717) is 27.5 Å². The highest BCUT2D eigenvalue weighted by molar-refractivity contribution is 7.98.